The van der Waals surface area contributed by atoms with Crippen molar-refractivity contribution in [3.63, 3.8) is 0 Å². The summed E-state index contributed by atoms with van der Waals surface area (Å²) in [7, 11) is 1.57. The minimum Gasteiger partial charge on any atom is -0.497 e. The van der Waals surface area contributed by atoms with Crippen molar-refractivity contribution in [3.05, 3.63) is 59.9 Å². The lowest BCUT2D eigenvalue weighted by Crippen LogP contribution is -2.48. The third kappa shape index (κ3) is 4.25. The van der Waals surface area contributed by atoms with Crippen molar-refractivity contribution < 1.29 is 23.6 Å². The van der Waals surface area contributed by atoms with Gasteiger partial charge in [-0.2, -0.15) is 0 Å². The average Bonchev–Trinajstić information content (AvgIpc) is 3.44. The van der Waals surface area contributed by atoms with E-state index in [0.29, 0.717) is 34.3 Å². The number of carbonyl (C=O) groups excluding carboxylic acids is 2. The van der Waals surface area contributed by atoms with Gasteiger partial charge in [0.2, 0.25) is 12.0 Å². The number of halogens is 1. The Morgan fingerprint density at radius 1 is 1.27 bits per heavy atom. The van der Waals surface area contributed by atoms with Gasteiger partial charge in [-0.15, -0.1) is 11.8 Å². The van der Waals surface area contributed by atoms with Crippen LogP contribution in [0, 0.1) is 5.82 Å². The summed E-state index contributed by atoms with van der Waals surface area (Å²) in [5, 5.41) is 6.80. The second-order valence-electron chi connectivity index (χ2n) is 6.89. The minimum atomic E-state index is -0.821. The summed E-state index contributed by atoms with van der Waals surface area (Å²) in [5.74, 6) is 0.643. The van der Waals surface area contributed by atoms with E-state index in [4.69, 9.17) is 9.57 Å². The molecule has 2 amide bonds. The molecule has 0 bridgehead atoms. The number of nitrogens with zero attached hydrogens (tertiary/aromatic N) is 2. The molecular weight excluding hydrogens is 409 g/mol. The van der Waals surface area contributed by atoms with Crippen LogP contribution in [-0.4, -0.2) is 53.3 Å². The molecule has 2 aliphatic heterocycles. The van der Waals surface area contributed by atoms with Crippen molar-refractivity contribution in [2.24, 2.45) is 5.16 Å². The van der Waals surface area contributed by atoms with E-state index in [1.165, 1.54) is 28.8 Å². The summed E-state index contributed by atoms with van der Waals surface area (Å²) in [4.78, 5) is 32.6. The number of hydrogen-bond donors (Lipinski definition) is 1. The van der Waals surface area contributed by atoms with Gasteiger partial charge < -0.3 is 19.8 Å². The number of hydrogen-bond acceptors (Lipinski definition) is 6. The Morgan fingerprint density at radius 3 is 2.80 bits per heavy atom. The fourth-order valence-electron chi connectivity index (χ4n) is 3.31. The second kappa shape index (κ2) is 8.74. The van der Waals surface area contributed by atoms with Gasteiger partial charge in [0.25, 0.3) is 5.91 Å². The predicted octanol–water partition coefficient (Wildman–Crippen LogP) is 2.87. The van der Waals surface area contributed by atoms with Crippen molar-refractivity contribution >= 4 is 35.0 Å². The van der Waals surface area contributed by atoms with Crippen molar-refractivity contribution in [2.75, 3.05) is 24.1 Å². The Labute approximate surface area is 177 Å². The fourth-order valence-corrected chi connectivity index (χ4v) is 4.47. The lowest BCUT2D eigenvalue weighted by molar-refractivity contribution is -0.145. The molecule has 2 atom stereocenters. The molecule has 2 heterocycles. The number of ether oxygens (including phenoxy) is 1. The Balaban J connectivity index is 1.39. The number of carbonyl (C=O) groups is 2. The van der Waals surface area contributed by atoms with Gasteiger partial charge in [-0.05, 0) is 36.4 Å². The number of methoxy groups -OCH3 is 1. The van der Waals surface area contributed by atoms with Crippen LogP contribution in [0.2, 0.25) is 0 Å². The molecule has 0 saturated carbocycles. The van der Waals surface area contributed by atoms with Crippen LogP contribution in [0.15, 0.2) is 53.7 Å². The van der Waals surface area contributed by atoms with Gasteiger partial charge >= 0.3 is 0 Å². The Bertz CT molecular complexity index is 982. The van der Waals surface area contributed by atoms with Crippen LogP contribution in [-0.2, 0) is 14.4 Å². The zero-order valence-corrected chi connectivity index (χ0v) is 17.0. The van der Waals surface area contributed by atoms with E-state index in [1.807, 2.05) is 0 Å². The van der Waals surface area contributed by atoms with Crippen LogP contribution in [0.3, 0.4) is 0 Å². The van der Waals surface area contributed by atoms with Crippen molar-refractivity contribution in [1.82, 2.24) is 4.90 Å². The standard InChI is InChI=1S/C21H20FN3O4S/c1-28-16-7-5-15(6-8-16)23-20(26)18-11-30-12-25(18)21(27)19-10-17(24-29-19)13-3-2-4-14(22)9-13/h2-9,18-19H,10-12H2,1H3,(H,23,26). The summed E-state index contributed by atoms with van der Waals surface area (Å²) < 4.78 is 18.6. The van der Waals surface area contributed by atoms with Gasteiger partial charge in [-0.3, -0.25) is 9.59 Å². The molecule has 0 radical (unpaired) electrons. The molecule has 0 aliphatic carbocycles. The quantitative estimate of drug-likeness (QED) is 0.791. The van der Waals surface area contributed by atoms with Crippen LogP contribution in [0.25, 0.3) is 0 Å². The number of thioether (sulfide) groups is 1. The molecule has 2 aromatic carbocycles. The third-order valence-electron chi connectivity index (χ3n) is 4.93. The maximum Gasteiger partial charge on any atom is 0.268 e. The van der Waals surface area contributed by atoms with E-state index in [9.17, 15) is 14.0 Å². The van der Waals surface area contributed by atoms with E-state index in [0.717, 1.165) is 0 Å². The number of amides is 2. The molecule has 0 spiro atoms. The third-order valence-corrected chi connectivity index (χ3v) is 5.94. The highest BCUT2D eigenvalue weighted by Gasteiger charge is 2.40. The van der Waals surface area contributed by atoms with E-state index in [2.05, 4.69) is 10.5 Å². The smallest absolute Gasteiger partial charge is 0.268 e. The first-order chi connectivity index (χ1) is 14.5. The van der Waals surface area contributed by atoms with E-state index in [1.54, 1.807) is 43.5 Å². The van der Waals surface area contributed by atoms with Gasteiger partial charge in [0, 0.05) is 23.4 Å². The summed E-state index contributed by atoms with van der Waals surface area (Å²) in [6, 6.07) is 12.4. The largest absolute Gasteiger partial charge is 0.497 e. The van der Waals surface area contributed by atoms with Crippen LogP contribution in [0.1, 0.15) is 12.0 Å². The molecule has 2 aromatic rings. The maximum absolute atomic E-state index is 13.5. The molecule has 9 heteroatoms. The lowest BCUT2D eigenvalue weighted by atomic mass is 10.0. The number of oxime groups is 1. The monoisotopic (exact) mass is 429 g/mol. The number of nitrogens with one attached hydrogen (secondary N) is 1. The first-order valence-electron chi connectivity index (χ1n) is 9.37. The maximum atomic E-state index is 13.5. The highest BCUT2D eigenvalue weighted by molar-refractivity contribution is 7.99. The minimum absolute atomic E-state index is 0.232. The van der Waals surface area contributed by atoms with Gasteiger partial charge in [-0.25, -0.2) is 4.39 Å². The van der Waals surface area contributed by atoms with Crippen LogP contribution < -0.4 is 10.1 Å². The zero-order valence-electron chi connectivity index (χ0n) is 16.2. The van der Waals surface area contributed by atoms with Crippen LogP contribution in [0.5, 0.6) is 5.75 Å². The van der Waals surface area contributed by atoms with E-state index < -0.39 is 12.1 Å². The summed E-state index contributed by atoms with van der Waals surface area (Å²) >= 11 is 1.50. The molecule has 156 valence electrons. The summed E-state index contributed by atoms with van der Waals surface area (Å²) in [6.45, 7) is 0. The first-order valence-corrected chi connectivity index (χ1v) is 10.5. The SMILES string of the molecule is COc1ccc(NC(=O)C2CSCN2C(=O)C2CC(c3cccc(F)c3)=NO2)cc1. The topological polar surface area (TPSA) is 80.2 Å². The molecular formula is C21H20FN3O4S. The Kier molecular flexibility index (Phi) is 5.89. The molecule has 2 unspecified atom stereocenters. The number of benzene rings is 2. The normalized spacial score (nSPS) is 20.5. The van der Waals surface area contributed by atoms with E-state index >= 15 is 0 Å². The lowest BCUT2D eigenvalue weighted by Gasteiger charge is -2.24. The van der Waals surface area contributed by atoms with Crippen molar-refractivity contribution in [2.45, 2.75) is 18.6 Å². The molecule has 30 heavy (non-hydrogen) atoms. The molecule has 4 rings (SSSR count). The fraction of sp³-hybridized carbons (Fsp3) is 0.286. The summed E-state index contributed by atoms with van der Waals surface area (Å²) in [6.07, 6.45) is -0.589. The highest BCUT2D eigenvalue weighted by atomic mass is 32.2. The summed E-state index contributed by atoms with van der Waals surface area (Å²) in [5.41, 5.74) is 1.72. The second-order valence-corrected chi connectivity index (χ2v) is 7.89. The van der Waals surface area contributed by atoms with Gasteiger partial charge in [-0.1, -0.05) is 17.3 Å². The number of rotatable bonds is 5. The zero-order chi connectivity index (χ0) is 21.1. The number of anilines is 1. The molecule has 1 N–H and O–H groups in total. The van der Waals surface area contributed by atoms with Crippen molar-refractivity contribution in [3.8, 4) is 5.75 Å². The molecule has 0 aromatic heterocycles. The first kappa shape index (κ1) is 20.2. The molecule has 2 aliphatic rings. The van der Waals surface area contributed by atoms with Crippen LogP contribution in [0.4, 0.5) is 10.1 Å². The van der Waals surface area contributed by atoms with Crippen LogP contribution >= 0.6 is 11.8 Å². The van der Waals surface area contributed by atoms with E-state index in [-0.39, 0.29) is 24.1 Å². The predicted molar refractivity (Wildman–Crippen MR) is 112 cm³/mol. The highest BCUT2D eigenvalue weighted by Crippen LogP contribution is 2.27. The Morgan fingerprint density at radius 2 is 2.07 bits per heavy atom. The Hall–Kier alpha value is -3.07. The molecule has 1 fully saturated rings. The average molecular weight is 429 g/mol. The van der Waals surface area contributed by atoms with Crippen molar-refractivity contribution in [1.29, 1.82) is 0 Å². The molecule has 7 nitrogen and oxygen atoms in total. The van der Waals surface area contributed by atoms with Gasteiger partial charge in [0.1, 0.15) is 17.6 Å². The molecule has 1 saturated heterocycles. The van der Waals surface area contributed by atoms with Gasteiger partial charge in [0.15, 0.2) is 0 Å². The van der Waals surface area contributed by atoms with Gasteiger partial charge in [0.05, 0.1) is 18.7 Å².